The highest BCUT2D eigenvalue weighted by molar-refractivity contribution is 6.33. The number of benzene rings is 1. The molecule has 7 nitrogen and oxygen atoms in total. The molecule has 0 bridgehead atoms. The van der Waals surface area contributed by atoms with Crippen LogP contribution in [0.5, 0.6) is 0 Å². The fourth-order valence-corrected chi connectivity index (χ4v) is 4.71. The number of carbonyl (C=O) groups excluding carboxylic acids is 2. The number of aryl methyl sites for hydroxylation is 1. The molecule has 166 valence electrons. The second kappa shape index (κ2) is 9.83. The Labute approximate surface area is 188 Å². The van der Waals surface area contributed by atoms with Gasteiger partial charge in [-0.05, 0) is 31.9 Å². The second-order valence-corrected chi connectivity index (χ2v) is 8.72. The molecule has 2 saturated heterocycles. The third-order valence-electron chi connectivity index (χ3n) is 6.20. The van der Waals surface area contributed by atoms with E-state index in [4.69, 9.17) is 11.6 Å². The molecule has 4 rings (SSSR count). The molecular weight excluding hydrogens is 414 g/mol. The smallest absolute Gasteiger partial charge is 0.258 e. The van der Waals surface area contributed by atoms with Crippen molar-refractivity contribution in [1.82, 2.24) is 24.5 Å². The third-order valence-corrected chi connectivity index (χ3v) is 6.54. The molecule has 1 aromatic heterocycles. The molecule has 2 aliphatic rings. The summed E-state index contributed by atoms with van der Waals surface area (Å²) in [5, 5.41) is 4.83. The number of piperazine rings is 1. The van der Waals surface area contributed by atoms with Crippen LogP contribution in [-0.2, 0) is 4.79 Å². The Balaban J connectivity index is 1.36. The Hall–Kier alpha value is -2.38. The van der Waals surface area contributed by atoms with Crippen LogP contribution in [0.3, 0.4) is 0 Å². The van der Waals surface area contributed by atoms with Crippen molar-refractivity contribution in [1.29, 1.82) is 0 Å². The molecule has 0 spiro atoms. The minimum atomic E-state index is -0.0943. The molecule has 8 heteroatoms. The number of nitrogens with zero attached hydrogens (tertiary/aromatic N) is 5. The first-order valence-electron chi connectivity index (χ1n) is 11.1. The minimum absolute atomic E-state index is 0.0943. The van der Waals surface area contributed by atoms with Crippen LogP contribution >= 0.6 is 11.6 Å². The van der Waals surface area contributed by atoms with Crippen LogP contribution in [0.4, 0.5) is 0 Å². The summed E-state index contributed by atoms with van der Waals surface area (Å²) in [5.41, 5.74) is 1.91. The summed E-state index contributed by atoms with van der Waals surface area (Å²) in [6.45, 7) is 6.55. The SMILES string of the molecule is Cc1nn(-c2ccccc2)c(Cl)c1C(=O)N1CCN(CC(=O)N2CCCCCC2)CC1. The first-order chi connectivity index (χ1) is 15.0. The van der Waals surface area contributed by atoms with Gasteiger partial charge < -0.3 is 9.80 Å². The molecule has 2 amide bonds. The van der Waals surface area contributed by atoms with E-state index >= 15 is 0 Å². The summed E-state index contributed by atoms with van der Waals surface area (Å²) < 4.78 is 1.61. The van der Waals surface area contributed by atoms with Crippen LogP contribution in [0, 0.1) is 6.92 Å². The Morgan fingerprint density at radius 3 is 2.19 bits per heavy atom. The second-order valence-electron chi connectivity index (χ2n) is 8.36. The van der Waals surface area contributed by atoms with Gasteiger partial charge in [0.2, 0.25) is 5.91 Å². The highest BCUT2D eigenvalue weighted by Crippen LogP contribution is 2.25. The van der Waals surface area contributed by atoms with Crippen molar-refractivity contribution in [2.45, 2.75) is 32.6 Å². The molecule has 2 aliphatic heterocycles. The van der Waals surface area contributed by atoms with E-state index in [9.17, 15) is 9.59 Å². The van der Waals surface area contributed by atoms with E-state index in [2.05, 4.69) is 10.00 Å². The molecule has 0 N–H and O–H groups in total. The summed E-state index contributed by atoms with van der Waals surface area (Å²) in [4.78, 5) is 31.8. The van der Waals surface area contributed by atoms with E-state index in [0.717, 1.165) is 31.6 Å². The summed E-state index contributed by atoms with van der Waals surface area (Å²) in [6.07, 6.45) is 4.64. The minimum Gasteiger partial charge on any atom is -0.342 e. The van der Waals surface area contributed by atoms with Crippen LogP contribution in [0.1, 0.15) is 41.7 Å². The van der Waals surface area contributed by atoms with Crippen molar-refractivity contribution in [2.75, 3.05) is 45.8 Å². The summed E-state index contributed by atoms with van der Waals surface area (Å²) in [5.74, 6) is 0.118. The van der Waals surface area contributed by atoms with Gasteiger partial charge in [-0.3, -0.25) is 14.5 Å². The van der Waals surface area contributed by atoms with Crippen molar-refractivity contribution in [3.05, 3.63) is 46.7 Å². The number of likely N-dealkylation sites (tertiary alicyclic amines) is 1. The number of halogens is 1. The third kappa shape index (κ3) is 4.93. The van der Waals surface area contributed by atoms with Crippen molar-refractivity contribution >= 4 is 23.4 Å². The van der Waals surface area contributed by atoms with Crippen molar-refractivity contribution in [3.8, 4) is 5.69 Å². The topological polar surface area (TPSA) is 61.7 Å². The number of amides is 2. The molecule has 0 atom stereocenters. The molecule has 31 heavy (non-hydrogen) atoms. The van der Waals surface area contributed by atoms with Gasteiger partial charge in [-0.1, -0.05) is 42.6 Å². The summed E-state index contributed by atoms with van der Waals surface area (Å²) in [6, 6.07) is 9.57. The predicted molar refractivity (Wildman–Crippen MR) is 121 cm³/mol. The molecule has 0 aliphatic carbocycles. The van der Waals surface area contributed by atoms with Crippen molar-refractivity contribution < 1.29 is 9.59 Å². The summed E-state index contributed by atoms with van der Waals surface area (Å²) >= 11 is 6.57. The zero-order valence-corrected chi connectivity index (χ0v) is 18.9. The van der Waals surface area contributed by atoms with Gasteiger partial charge in [-0.25, -0.2) is 4.68 Å². The number of hydrogen-bond donors (Lipinski definition) is 0. The number of hydrogen-bond acceptors (Lipinski definition) is 4. The molecule has 2 aromatic rings. The lowest BCUT2D eigenvalue weighted by molar-refractivity contribution is -0.132. The van der Waals surface area contributed by atoms with Gasteiger partial charge in [0.05, 0.1) is 23.5 Å². The lowest BCUT2D eigenvalue weighted by Crippen LogP contribution is -2.51. The fourth-order valence-electron chi connectivity index (χ4n) is 4.36. The maximum absolute atomic E-state index is 13.2. The highest BCUT2D eigenvalue weighted by atomic mass is 35.5. The van der Waals surface area contributed by atoms with Gasteiger partial charge in [-0.2, -0.15) is 5.10 Å². The Kier molecular flexibility index (Phi) is 6.92. The van der Waals surface area contributed by atoms with Crippen LogP contribution < -0.4 is 0 Å². The van der Waals surface area contributed by atoms with E-state index in [1.165, 1.54) is 12.8 Å². The average Bonchev–Trinajstić information content (AvgIpc) is 2.96. The van der Waals surface area contributed by atoms with E-state index in [1.807, 2.05) is 47.1 Å². The first-order valence-corrected chi connectivity index (χ1v) is 11.5. The molecule has 0 radical (unpaired) electrons. The molecule has 0 saturated carbocycles. The van der Waals surface area contributed by atoms with Crippen molar-refractivity contribution in [3.63, 3.8) is 0 Å². The van der Waals surface area contributed by atoms with Crippen LogP contribution in [0.15, 0.2) is 30.3 Å². The van der Waals surface area contributed by atoms with E-state index in [1.54, 1.807) is 4.68 Å². The van der Waals surface area contributed by atoms with Gasteiger partial charge in [-0.15, -0.1) is 0 Å². The molecular formula is C23H30ClN5O2. The van der Waals surface area contributed by atoms with Crippen molar-refractivity contribution in [2.24, 2.45) is 0 Å². The van der Waals surface area contributed by atoms with Gasteiger partial charge in [0.15, 0.2) is 0 Å². The number of para-hydroxylation sites is 1. The number of carbonyl (C=O) groups is 2. The highest BCUT2D eigenvalue weighted by Gasteiger charge is 2.29. The van der Waals surface area contributed by atoms with Crippen LogP contribution in [0.2, 0.25) is 5.15 Å². The van der Waals surface area contributed by atoms with Gasteiger partial charge >= 0.3 is 0 Å². The first kappa shape index (κ1) is 21.8. The normalized spacial score (nSPS) is 18.1. The Bertz CT molecular complexity index is 914. The zero-order valence-electron chi connectivity index (χ0n) is 18.1. The predicted octanol–water partition coefficient (Wildman–Crippen LogP) is 2.99. The molecule has 1 aromatic carbocycles. The Morgan fingerprint density at radius 2 is 1.55 bits per heavy atom. The van der Waals surface area contributed by atoms with Gasteiger partial charge in [0.25, 0.3) is 5.91 Å². The molecule has 2 fully saturated rings. The molecule has 3 heterocycles. The maximum atomic E-state index is 13.2. The summed E-state index contributed by atoms with van der Waals surface area (Å²) in [7, 11) is 0. The van der Waals surface area contributed by atoms with E-state index in [-0.39, 0.29) is 11.8 Å². The Morgan fingerprint density at radius 1 is 0.903 bits per heavy atom. The van der Waals surface area contributed by atoms with Crippen LogP contribution in [-0.4, -0.2) is 82.1 Å². The monoisotopic (exact) mass is 443 g/mol. The largest absolute Gasteiger partial charge is 0.342 e. The van der Waals surface area contributed by atoms with E-state index in [0.29, 0.717) is 49.1 Å². The van der Waals surface area contributed by atoms with E-state index < -0.39 is 0 Å². The van der Waals surface area contributed by atoms with Gasteiger partial charge in [0, 0.05) is 39.3 Å². The van der Waals surface area contributed by atoms with Crippen LogP contribution in [0.25, 0.3) is 5.69 Å². The zero-order chi connectivity index (χ0) is 21.8. The maximum Gasteiger partial charge on any atom is 0.258 e. The standard InChI is InChI=1S/C23H30ClN5O2/c1-18-21(22(24)29(25-18)19-9-5-4-6-10-19)23(31)28-15-13-26(14-16-28)17-20(30)27-11-7-2-3-8-12-27/h4-6,9-10H,2-3,7-8,11-17H2,1H3. The lowest BCUT2D eigenvalue weighted by Gasteiger charge is -2.35. The lowest BCUT2D eigenvalue weighted by atomic mass is 10.2. The number of aromatic nitrogens is 2. The quantitative estimate of drug-likeness (QED) is 0.728. The molecule has 0 unspecified atom stereocenters. The average molecular weight is 444 g/mol. The number of rotatable bonds is 4. The fraction of sp³-hybridized carbons (Fsp3) is 0.522. The van der Waals surface area contributed by atoms with Gasteiger partial charge in [0.1, 0.15) is 5.15 Å².